The molecule has 0 aliphatic rings. The van der Waals surface area contributed by atoms with Gasteiger partial charge in [-0.05, 0) is 58.2 Å². The quantitative estimate of drug-likeness (QED) is 0.842. The molecule has 0 fully saturated rings. The molecule has 2 rings (SSSR count). The van der Waals surface area contributed by atoms with Crippen LogP contribution < -0.4 is 4.72 Å². The Hall–Kier alpha value is -1.36. The second-order valence-electron chi connectivity index (χ2n) is 7.04. The van der Waals surface area contributed by atoms with Crippen molar-refractivity contribution in [2.75, 3.05) is 0 Å². The second-order valence-corrected chi connectivity index (χ2v) is 9.04. The van der Waals surface area contributed by atoms with E-state index in [0.717, 1.165) is 12.0 Å². The lowest BCUT2D eigenvalue weighted by atomic mass is 9.98. The number of hydrogen-bond acceptors (Lipinski definition) is 3. The summed E-state index contributed by atoms with van der Waals surface area (Å²) in [4.78, 5) is 4.21. The minimum absolute atomic E-state index is 0.0232. The molecule has 23 heavy (non-hydrogen) atoms. The smallest absolute Gasteiger partial charge is 0.136 e. The fourth-order valence-corrected chi connectivity index (χ4v) is 3.37. The number of rotatable bonds is 5. The predicted molar refractivity (Wildman–Crippen MR) is 97.6 cm³/mol. The van der Waals surface area contributed by atoms with Gasteiger partial charge in [0.15, 0.2) is 0 Å². The lowest BCUT2D eigenvalue weighted by Crippen LogP contribution is -2.41. The van der Waals surface area contributed by atoms with E-state index in [1.807, 2.05) is 39.1 Å². The van der Waals surface area contributed by atoms with E-state index >= 15 is 0 Å². The Morgan fingerprint density at radius 2 is 1.83 bits per heavy atom. The van der Waals surface area contributed by atoms with E-state index in [-0.39, 0.29) is 10.8 Å². The molecule has 1 aromatic carbocycles. The van der Waals surface area contributed by atoms with Crippen molar-refractivity contribution in [1.82, 2.24) is 9.71 Å². The first-order valence-corrected chi connectivity index (χ1v) is 9.06. The Morgan fingerprint density at radius 1 is 1.17 bits per heavy atom. The van der Waals surface area contributed by atoms with Crippen LogP contribution in [0.5, 0.6) is 0 Å². The predicted octanol–water partition coefficient (Wildman–Crippen LogP) is 4.03. The maximum Gasteiger partial charge on any atom is 0.136 e. The average Bonchev–Trinajstić information content (AvgIpc) is 2.45. The van der Waals surface area contributed by atoms with Crippen LogP contribution in [0.25, 0.3) is 0 Å². The first-order chi connectivity index (χ1) is 10.8. The topological polar surface area (TPSA) is 48.0 Å². The van der Waals surface area contributed by atoms with E-state index in [2.05, 4.69) is 41.8 Å². The summed E-state index contributed by atoms with van der Waals surface area (Å²) < 4.78 is 15.5. The van der Waals surface area contributed by atoms with E-state index in [4.69, 9.17) is 0 Å². The Kier molecular flexibility index (Phi) is 5.84. The summed E-state index contributed by atoms with van der Waals surface area (Å²) >= 11 is -1.13. The van der Waals surface area contributed by atoms with Gasteiger partial charge in [0.2, 0.25) is 0 Å². The number of aromatic nitrogens is 1. The van der Waals surface area contributed by atoms with Crippen LogP contribution in [0.3, 0.4) is 0 Å². The maximum atomic E-state index is 12.6. The molecule has 4 heteroatoms. The summed E-state index contributed by atoms with van der Waals surface area (Å²) in [5, 5.41) is 0. The molecule has 1 heterocycles. The van der Waals surface area contributed by atoms with Crippen LogP contribution >= 0.6 is 0 Å². The zero-order valence-corrected chi connectivity index (χ0v) is 15.4. The SMILES string of the molecule is Cc1cc(C)cc(CC(N[S+]([O-])C(C)(C)C)c2cccnc2)c1. The van der Waals surface area contributed by atoms with E-state index in [1.165, 1.54) is 16.7 Å². The van der Waals surface area contributed by atoms with Crippen molar-refractivity contribution in [3.8, 4) is 0 Å². The van der Waals surface area contributed by atoms with E-state index in [0.29, 0.717) is 0 Å². The molecule has 2 unspecified atom stereocenters. The normalized spacial score (nSPS) is 14.5. The van der Waals surface area contributed by atoms with Crippen molar-refractivity contribution in [3.05, 3.63) is 65.0 Å². The fourth-order valence-electron chi connectivity index (χ4n) is 2.54. The standard InChI is InChI=1S/C19H26N2OS/c1-14-9-15(2)11-16(10-14)12-18(17-7-6-8-20-13-17)21-23(22)19(3,4)5/h6-11,13,18,21H,12H2,1-5H3. The van der Waals surface area contributed by atoms with Crippen molar-refractivity contribution >= 4 is 11.4 Å². The number of aryl methyl sites for hydroxylation is 2. The molecule has 2 atom stereocenters. The Labute approximate surface area is 142 Å². The van der Waals surface area contributed by atoms with Crippen LogP contribution in [-0.4, -0.2) is 14.3 Å². The molecule has 0 saturated heterocycles. The van der Waals surface area contributed by atoms with Crippen LogP contribution in [0.15, 0.2) is 42.7 Å². The molecular weight excluding hydrogens is 304 g/mol. The Bertz CT molecular complexity index is 617. The van der Waals surface area contributed by atoms with Gasteiger partial charge in [-0.3, -0.25) is 4.98 Å². The van der Waals surface area contributed by atoms with Crippen LogP contribution in [0.2, 0.25) is 0 Å². The third kappa shape index (κ3) is 5.34. The van der Waals surface area contributed by atoms with Crippen LogP contribution in [0, 0.1) is 13.8 Å². The molecule has 124 valence electrons. The number of hydrogen-bond donors (Lipinski definition) is 1. The van der Waals surface area contributed by atoms with Gasteiger partial charge < -0.3 is 4.55 Å². The molecule has 0 aliphatic heterocycles. The van der Waals surface area contributed by atoms with Gasteiger partial charge in [0.25, 0.3) is 0 Å². The third-order valence-electron chi connectivity index (χ3n) is 3.61. The summed E-state index contributed by atoms with van der Waals surface area (Å²) in [7, 11) is 0. The first-order valence-electron chi connectivity index (χ1n) is 7.91. The second kappa shape index (κ2) is 7.47. The van der Waals surface area contributed by atoms with Gasteiger partial charge in [0.05, 0.1) is 6.04 Å². The minimum Gasteiger partial charge on any atom is -0.598 e. The molecule has 0 aliphatic carbocycles. The number of nitrogens with one attached hydrogen (secondary N) is 1. The zero-order chi connectivity index (χ0) is 17.0. The molecular formula is C19H26N2OS. The van der Waals surface area contributed by atoms with Gasteiger partial charge in [-0.15, -0.1) is 4.72 Å². The Morgan fingerprint density at radius 3 is 2.35 bits per heavy atom. The number of benzene rings is 1. The van der Waals surface area contributed by atoms with Gasteiger partial charge >= 0.3 is 0 Å². The lowest BCUT2D eigenvalue weighted by molar-refractivity contribution is 0.521. The van der Waals surface area contributed by atoms with E-state index in [1.54, 1.807) is 6.20 Å². The lowest BCUT2D eigenvalue weighted by Gasteiger charge is -2.28. The molecule has 0 radical (unpaired) electrons. The molecule has 2 aromatic rings. The maximum absolute atomic E-state index is 12.6. The van der Waals surface area contributed by atoms with Crippen molar-refractivity contribution in [3.63, 3.8) is 0 Å². The van der Waals surface area contributed by atoms with Gasteiger partial charge in [-0.1, -0.05) is 35.4 Å². The largest absolute Gasteiger partial charge is 0.598 e. The monoisotopic (exact) mass is 330 g/mol. The van der Waals surface area contributed by atoms with Crippen molar-refractivity contribution in [2.24, 2.45) is 0 Å². The number of nitrogens with zero attached hydrogens (tertiary/aromatic N) is 1. The van der Waals surface area contributed by atoms with Crippen molar-refractivity contribution in [2.45, 2.75) is 51.8 Å². The highest BCUT2D eigenvalue weighted by Crippen LogP contribution is 2.23. The molecule has 0 amide bonds. The first kappa shape index (κ1) is 18.0. The zero-order valence-electron chi connectivity index (χ0n) is 14.6. The molecule has 1 aromatic heterocycles. The highest BCUT2D eigenvalue weighted by atomic mass is 32.2. The summed E-state index contributed by atoms with van der Waals surface area (Å²) in [6.45, 7) is 10.2. The number of pyridine rings is 1. The highest BCUT2D eigenvalue weighted by molar-refractivity contribution is 7.90. The molecule has 0 spiro atoms. The molecule has 1 N–H and O–H groups in total. The minimum atomic E-state index is -1.13. The molecule has 3 nitrogen and oxygen atoms in total. The van der Waals surface area contributed by atoms with Gasteiger partial charge in [-0.2, -0.15) is 0 Å². The van der Waals surface area contributed by atoms with Crippen LogP contribution in [0.4, 0.5) is 0 Å². The van der Waals surface area contributed by atoms with Gasteiger partial charge in [0.1, 0.15) is 4.75 Å². The van der Waals surface area contributed by atoms with Crippen LogP contribution in [-0.2, 0) is 17.8 Å². The van der Waals surface area contributed by atoms with Gasteiger partial charge in [0, 0.05) is 23.8 Å². The third-order valence-corrected chi connectivity index (χ3v) is 5.22. The average molecular weight is 330 g/mol. The summed E-state index contributed by atoms with van der Waals surface area (Å²) in [5.74, 6) is 0. The van der Waals surface area contributed by atoms with Crippen molar-refractivity contribution < 1.29 is 4.55 Å². The summed E-state index contributed by atoms with van der Waals surface area (Å²) in [6, 6.07) is 10.5. The van der Waals surface area contributed by atoms with Crippen molar-refractivity contribution in [1.29, 1.82) is 0 Å². The summed E-state index contributed by atoms with van der Waals surface area (Å²) in [6.07, 6.45) is 4.40. The highest BCUT2D eigenvalue weighted by Gasteiger charge is 2.30. The van der Waals surface area contributed by atoms with E-state index in [9.17, 15) is 4.55 Å². The van der Waals surface area contributed by atoms with Gasteiger partial charge in [-0.25, -0.2) is 0 Å². The molecule has 0 saturated carbocycles. The van der Waals surface area contributed by atoms with Crippen LogP contribution in [0.1, 0.15) is 49.1 Å². The summed E-state index contributed by atoms with van der Waals surface area (Å²) in [5.41, 5.74) is 4.81. The Balaban J connectivity index is 2.26. The molecule has 0 bridgehead atoms. The fraction of sp³-hybridized carbons (Fsp3) is 0.421. The van der Waals surface area contributed by atoms with E-state index < -0.39 is 11.4 Å².